The van der Waals surface area contributed by atoms with Gasteiger partial charge in [-0.1, -0.05) is 31.4 Å². The van der Waals surface area contributed by atoms with Crippen LogP contribution in [0.25, 0.3) is 0 Å². The summed E-state index contributed by atoms with van der Waals surface area (Å²) in [7, 11) is -3.39. The predicted molar refractivity (Wildman–Crippen MR) is 75.3 cm³/mol. The minimum atomic E-state index is -3.39. The zero-order chi connectivity index (χ0) is 13.9. The van der Waals surface area contributed by atoms with Crippen molar-refractivity contribution in [2.75, 3.05) is 4.72 Å². The minimum absolute atomic E-state index is 0.326. The summed E-state index contributed by atoms with van der Waals surface area (Å²) in [6, 6.07) is 7.27. The van der Waals surface area contributed by atoms with E-state index in [0.29, 0.717) is 24.1 Å². The van der Waals surface area contributed by atoms with E-state index in [1.54, 1.807) is 25.1 Å². The Labute approximate surface area is 114 Å². The Bertz CT molecular complexity index is 596. The second-order valence-electron chi connectivity index (χ2n) is 5.02. The molecule has 1 N–H and O–H groups in total. The standard InChI is InChI=1S/C14H18N2O2S/c1-11-6-5-9-14(13(11)10-15)16-19(17,18)12-7-3-2-4-8-12/h5-6,9,12,16H,2-4,7-8H2,1H3. The minimum Gasteiger partial charge on any atom is -0.282 e. The van der Waals surface area contributed by atoms with Gasteiger partial charge in [-0.25, -0.2) is 8.42 Å². The molecule has 1 fully saturated rings. The van der Waals surface area contributed by atoms with E-state index in [1.165, 1.54) is 0 Å². The van der Waals surface area contributed by atoms with Crippen molar-refractivity contribution in [2.45, 2.75) is 44.3 Å². The molecule has 0 unspecified atom stereocenters. The van der Waals surface area contributed by atoms with Gasteiger partial charge in [-0.15, -0.1) is 0 Å². The molecule has 0 atom stereocenters. The lowest BCUT2D eigenvalue weighted by atomic mass is 10.0. The highest BCUT2D eigenvalue weighted by Gasteiger charge is 2.27. The average molecular weight is 278 g/mol. The fraction of sp³-hybridized carbons (Fsp3) is 0.500. The Morgan fingerprint density at radius 2 is 1.95 bits per heavy atom. The molecule has 4 nitrogen and oxygen atoms in total. The van der Waals surface area contributed by atoms with Crippen LogP contribution in [0.3, 0.4) is 0 Å². The van der Waals surface area contributed by atoms with Crippen molar-refractivity contribution in [3.05, 3.63) is 29.3 Å². The van der Waals surface area contributed by atoms with Crippen LogP contribution in [0.15, 0.2) is 18.2 Å². The quantitative estimate of drug-likeness (QED) is 0.924. The molecule has 0 aliphatic heterocycles. The zero-order valence-electron chi connectivity index (χ0n) is 11.0. The number of sulfonamides is 1. The monoisotopic (exact) mass is 278 g/mol. The molecule has 0 aromatic heterocycles. The number of nitriles is 1. The highest BCUT2D eigenvalue weighted by Crippen LogP contribution is 2.27. The fourth-order valence-electron chi connectivity index (χ4n) is 2.51. The van der Waals surface area contributed by atoms with Crippen LogP contribution in [0.2, 0.25) is 0 Å². The molecule has 0 bridgehead atoms. The molecule has 0 spiro atoms. The Balaban J connectivity index is 2.25. The summed E-state index contributed by atoms with van der Waals surface area (Å²) in [6.07, 6.45) is 4.46. The maximum atomic E-state index is 12.3. The van der Waals surface area contributed by atoms with Crippen molar-refractivity contribution in [3.8, 4) is 6.07 Å². The number of aryl methyl sites for hydroxylation is 1. The molecular formula is C14H18N2O2S. The van der Waals surface area contributed by atoms with Crippen LogP contribution >= 0.6 is 0 Å². The highest BCUT2D eigenvalue weighted by molar-refractivity contribution is 7.93. The SMILES string of the molecule is Cc1cccc(NS(=O)(=O)C2CCCCC2)c1C#N. The maximum absolute atomic E-state index is 12.3. The molecule has 0 amide bonds. The van der Waals surface area contributed by atoms with E-state index < -0.39 is 10.0 Å². The predicted octanol–water partition coefficient (Wildman–Crippen LogP) is 2.94. The Hall–Kier alpha value is -1.54. The van der Waals surface area contributed by atoms with Gasteiger partial charge in [0.25, 0.3) is 0 Å². The normalized spacial score (nSPS) is 16.8. The molecular weight excluding hydrogens is 260 g/mol. The fourth-order valence-corrected chi connectivity index (χ4v) is 4.11. The van der Waals surface area contributed by atoms with E-state index in [-0.39, 0.29) is 5.25 Å². The second kappa shape index (κ2) is 5.62. The lowest BCUT2D eigenvalue weighted by Gasteiger charge is -2.22. The van der Waals surface area contributed by atoms with Crippen LogP contribution in [0.1, 0.15) is 43.2 Å². The topological polar surface area (TPSA) is 70.0 Å². The van der Waals surface area contributed by atoms with E-state index in [2.05, 4.69) is 10.8 Å². The van der Waals surface area contributed by atoms with Crippen molar-refractivity contribution in [1.29, 1.82) is 5.26 Å². The molecule has 0 saturated heterocycles. The average Bonchev–Trinajstić information content (AvgIpc) is 2.40. The Kier molecular flexibility index (Phi) is 4.11. The lowest BCUT2D eigenvalue weighted by Crippen LogP contribution is -2.30. The molecule has 5 heteroatoms. The van der Waals surface area contributed by atoms with Crippen LogP contribution in [0, 0.1) is 18.3 Å². The van der Waals surface area contributed by atoms with Gasteiger partial charge in [0.2, 0.25) is 10.0 Å². The number of anilines is 1. The molecule has 102 valence electrons. The van der Waals surface area contributed by atoms with Crippen molar-refractivity contribution in [3.63, 3.8) is 0 Å². The highest BCUT2D eigenvalue weighted by atomic mass is 32.2. The van der Waals surface area contributed by atoms with Crippen LogP contribution < -0.4 is 4.72 Å². The van der Waals surface area contributed by atoms with Crippen LogP contribution in [0.5, 0.6) is 0 Å². The van der Waals surface area contributed by atoms with Crippen molar-refractivity contribution in [2.24, 2.45) is 0 Å². The number of hydrogen-bond acceptors (Lipinski definition) is 3. The smallest absolute Gasteiger partial charge is 0.235 e. The molecule has 0 heterocycles. The molecule has 1 aromatic rings. The number of nitrogens with zero attached hydrogens (tertiary/aromatic N) is 1. The largest absolute Gasteiger partial charge is 0.282 e. The van der Waals surface area contributed by atoms with Crippen LogP contribution in [0.4, 0.5) is 5.69 Å². The molecule has 1 saturated carbocycles. The van der Waals surface area contributed by atoms with Gasteiger partial charge < -0.3 is 0 Å². The van der Waals surface area contributed by atoms with Gasteiger partial charge >= 0.3 is 0 Å². The van der Waals surface area contributed by atoms with Crippen molar-refractivity contribution >= 4 is 15.7 Å². The van der Waals surface area contributed by atoms with Gasteiger partial charge in [-0.3, -0.25) is 4.72 Å². The summed E-state index contributed by atoms with van der Waals surface area (Å²) in [5, 5.41) is 8.80. The van der Waals surface area contributed by atoms with Gasteiger partial charge in [0.05, 0.1) is 16.5 Å². The van der Waals surface area contributed by atoms with Gasteiger partial charge in [0, 0.05) is 0 Å². The van der Waals surface area contributed by atoms with E-state index in [1.807, 2.05) is 0 Å². The third-order valence-corrected chi connectivity index (χ3v) is 5.48. The number of rotatable bonds is 3. The second-order valence-corrected chi connectivity index (χ2v) is 6.98. The Morgan fingerprint density at radius 3 is 2.58 bits per heavy atom. The third-order valence-electron chi connectivity index (χ3n) is 3.63. The number of benzene rings is 1. The van der Waals surface area contributed by atoms with Gasteiger partial charge in [0.15, 0.2) is 0 Å². The molecule has 19 heavy (non-hydrogen) atoms. The molecule has 1 aliphatic carbocycles. The zero-order valence-corrected chi connectivity index (χ0v) is 11.8. The van der Waals surface area contributed by atoms with E-state index in [9.17, 15) is 8.42 Å². The van der Waals surface area contributed by atoms with Gasteiger partial charge in [-0.05, 0) is 31.4 Å². The van der Waals surface area contributed by atoms with E-state index in [0.717, 1.165) is 24.8 Å². The van der Waals surface area contributed by atoms with Crippen molar-refractivity contribution in [1.82, 2.24) is 0 Å². The third kappa shape index (κ3) is 3.07. The first-order valence-electron chi connectivity index (χ1n) is 6.56. The molecule has 1 aliphatic rings. The first-order chi connectivity index (χ1) is 9.04. The lowest BCUT2D eigenvalue weighted by molar-refractivity contribution is 0.486. The molecule has 2 rings (SSSR count). The summed E-state index contributed by atoms with van der Waals surface area (Å²) in [5.74, 6) is 0. The van der Waals surface area contributed by atoms with E-state index >= 15 is 0 Å². The van der Waals surface area contributed by atoms with Gasteiger partial charge in [-0.2, -0.15) is 5.26 Å². The van der Waals surface area contributed by atoms with E-state index in [4.69, 9.17) is 5.26 Å². The van der Waals surface area contributed by atoms with Gasteiger partial charge in [0.1, 0.15) is 6.07 Å². The van der Waals surface area contributed by atoms with Crippen LogP contribution in [-0.2, 0) is 10.0 Å². The summed E-state index contributed by atoms with van der Waals surface area (Å²) in [6.45, 7) is 1.80. The van der Waals surface area contributed by atoms with Crippen molar-refractivity contribution < 1.29 is 8.42 Å². The number of nitrogens with one attached hydrogen (secondary N) is 1. The maximum Gasteiger partial charge on any atom is 0.235 e. The number of hydrogen-bond donors (Lipinski definition) is 1. The Morgan fingerprint density at radius 1 is 1.26 bits per heavy atom. The summed E-state index contributed by atoms with van der Waals surface area (Å²) < 4.78 is 27.2. The summed E-state index contributed by atoms with van der Waals surface area (Å²) in [4.78, 5) is 0. The molecule has 1 aromatic carbocycles. The first kappa shape index (κ1) is 13.9. The van der Waals surface area contributed by atoms with Crippen LogP contribution in [-0.4, -0.2) is 13.7 Å². The summed E-state index contributed by atoms with van der Waals surface area (Å²) >= 11 is 0. The molecule has 0 radical (unpaired) electrons. The first-order valence-corrected chi connectivity index (χ1v) is 8.10. The summed E-state index contributed by atoms with van der Waals surface area (Å²) in [5.41, 5.74) is 1.58.